The SMILES string of the molecule is CCCc1ncncc1NC(=O)c1ncc[nH]1. The third-order valence-electron chi connectivity index (χ3n) is 2.24. The number of aromatic amines is 1. The van der Waals surface area contributed by atoms with Crippen LogP contribution in [0.1, 0.15) is 29.7 Å². The minimum absolute atomic E-state index is 0.274. The molecule has 0 fully saturated rings. The van der Waals surface area contributed by atoms with Crippen molar-refractivity contribution in [1.29, 1.82) is 0 Å². The Morgan fingerprint density at radius 3 is 3.06 bits per heavy atom. The molecule has 0 aliphatic rings. The molecule has 2 rings (SSSR count). The summed E-state index contributed by atoms with van der Waals surface area (Å²) in [6, 6.07) is 0. The highest BCUT2D eigenvalue weighted by atomic mass is 16.2. The fraction of sp³-hybridized carbons (Fsp3) is 0.273. The van der Waals surface area contributed by atoms with Crippen LogP contribution in [0.3, 0.4) is 0 Å². The van der Waals surface area contributed by atoms with E-state index in [0.717, 1.165) is 18.5 Å². The number of nitrogens with one attached hydrogen (secondary N) is 2. The topological polar surface area (TPSA) is 83.6 Å². The molecule has 88 valence electrons. The summed E-state index contributed by atoms with van der Waals surface area (Å²) < 4.78 is 0. The first-order chi connectivity index (χ1) is 8.31. The Bertz CT molecular complexity index is 494. The van der Waals surface area contributed by atoms with Gasteiger partial charge in [-0.15, -0.1) is 0 Å². The van der Waals surface area contributed by atoms with Crippen molar-refractivity contribution in [3.8, 4) is 0 Å². The van der Waals surface area contributed by atoms with Gasteiger partial charge < -0.3 is 10.3 Å². The Balaban J connectivity index is 2.15. The van der Waals surface area contributed by atoms with Gasteiger partial charge in [0.25, 0.3) is 5.91 Å². The summed E-state index contributed by atoms with van der Waals surface area (Å²) in [5.74, 6) is -0.0153. The molecular formula is C11H13N5O. The van der Waals surface area contributed by atoms with Gasteiger partial charge in [-0.25, -0.2) is 15.0 Å². The molecule has 0 saturated carbocycles. The maximum Gasteiger partial charge on any atom is 0.291 e. The summed E-state index contributed by atoms with van der Waals surface area (Å²) >= 11 is 0. The number of carbonyl (C=O) groups excluding carboxylic acids is 1. The predicted octanol–water partition coefficient (Wildman–Crippen LogP) is 1.40. The molecule has 0 saturated heterocycles. The average Bonchev–Trinajstić information content (AvgIpc) is 2.85. The zero-order chi connectivity index (χ0) is 12.1. The largest absolute Gasteiger partial charge is 0.341 e. The van der Waals surface area contributed by atoms with Crippen molar-refractivity contribution in [2.75, 3.05) is 5.32 Å². The molecule has 6 heteroatoms. The monoisotopic (exact) mass is 231 g/mol. The second-order valence-electron chi connectivity index (χ2n) is 3.53. The quantitative estimate of drug-likeness (QED) is 0.833. The third-order valence-corrected chi connectivity index (χ3v) is 2.24. The van der Waals surface area contributed by atoms with E-state index in [1.165, 1.54) is 12.5 Å². The molecule has 0 aromatic carbocycles. The zero-order valence-electron chi connectivity index (χ0n) is 9.47. The number of amides is 1. The minimum Gasteiger partial charge on any atom is -0.341 e. The number of aromatic nitrogens is 4. The molecular weight excluding hydrogens is 218 g/mol. The van der Waals surface area contributed by atoms with Crippen molar-refractivity contribution in [3.63, 3.8) is 0 Å². The first-order valence-corrected chi connectivity index (χ1v) is 5.41. The lowest BCUT2D eigenvalue weighted by atomic mass is 10.2. The summed E-state index contributed by atoms with van der Waals surface area (Å²) in [6.45, 7) is 2.06. The van der Waals surface area contributed by atoms with E-state index in [2.05, 4.69) is 32.2 Å². The van der Waals surface area contributed by atoms with E-state index in [0.29, 0.717) is 5.69 Å². The molecule has 1 amide bonds. The van der Waals surface area contributed by atoms with Gasteiger partial charge in [-0.2, -0.15) is 0 Å². The van der Waals surface area contributed by atoms with Crippen LogP contribution >= 0.6 is 0 Å². The van der Waals surface area contributed by atoms with Gasteiger partial charge in [0.2, 0.25) is 0 Å². The molecule has 0 radical (unpaired) electrons. The van der Waals surface area contributed by atoms with Gasteiger partial charge >= 0.3 is 0 Å². The highest BCUT2D eigenvalue weighted by molar-refractivity contribution is 6.01. The van der Waals surface area contributed by atoms with Gasteiger partial charge in [0.05, 0.1) is 17.6 Å². The molecule has 2 aromatic heterocycles. The number of hydrogen-bond donors (Lipinski definition) is 2. The minimum atomic E-state index is -0.290. The highest BCUT2D eigenvalue weighted by Gasteiger charge is 2.11. The first kappa shape index (κ1) is 11.3. The number of carbonyl (C=O) groups is 1. The van der Waals surface area contributed by atoms with Gasteiger partial charge in [0.15, 0.2) is 5.82 Å². The molecule has 6 nitrogen and oxygen atoms in total. The Labute approximate surface area is 98.5 Å². The van der Waals surface area contributed by atoms with Crippen LogP contribution in [-0.4, -0.2) is 25.8 Å². The van der Waals surface area contributed by atoms with Gasteiger partial charge in [-0.3, -0.25) is 4.79 Å². The van der Waals surface area contributed by atoms with Crippen LogP contribution in [0.15, 0.2) is 24.9 Å². The summed E-state index contributed by atoms with van der Waals surface area (Å²) in [5, 5.41) is 2.74. The normalized spacial score (nSPS) is 10.2. The predicted molar refractivity (Wildman–Crippen MR) is 62.6 cm³/mol. The molecule has 0 unspecified atom stereocenters. The molecule has 2 heterocycles. The molecule has 0 spiro atoms. The van der Waals surface area contributed by atoms with E-state index in [1.807, 2.05) is 0 Å². The number of H-pyrrole nitrogens is 1. The molecule has 0 bridgehead atoms. The van der Waals surface area contributed by atoms with Gasteiger partial charge in [-0.05, 0) is 6.42 Å². The van der Waals surface area contributed by atoms with E-state index in [1.54, 1.807) is 12.4 Å². The van der Waals surface area contributed by atoms with Crippen LogP contribution < -0.4 is 5.32 Å². The number of imidazole rings is 1. The third kappa shape index (κ3) is 2.66. The van der Waals surface area contributed by atoms with Gasteiger partial charge in [0.1, 0.15) is 6.33 Å². The Hall–Kier alpha value is -2.24. The summed E-state index contributed by atoms with van der Waals surface area (Å²) in [7, 11) is 0. The summed E-state index contributed by atoms with van der Waals surface area (Å²) in [6.07, 6.45) is 7.97. The lowest BCUT2D eigenvalue weighted by molar-refractivity contribution is 0.101. The number of hydrogen-bond acceptors (Lipinski definition) is 4. The number of rotatable bonds is 4. The van der Waals surface area contributed by atoms with Gasteiger partial charge in [0, 0.05) is 12.4 Å². The zero-order valence-corrected chi connectivity index (χ0v) is 9.47. The van der Waals surface area contributed by atoms with Crippen LogP contribution in [0.25, 0.3) is 0 Å². The van der Waals surface area contributed by atoms with Crippen molar-refractivity contribution in [3.05, 3.63) is 36.4 Å². The Kier molecular flexibility index (Phi) is 3.44. The van der Waals surface area contributed by atoms with Crippen LogP contribution in [0, 0.1) is 0 Å². The molecule has 2 aromatic rings. The maximum atomic E-state index is 11.8. The van der Waals surface area contributed by atoms with Crippen molar-refractivity contribution < 1.29 is 4.79 Å². The lowest BCUT2D eigenvalue weighted by Gasteiger charge is -2.07. The summed E-state index contributed by atoms with van der Waals surface area (Å²) in [4.78, 5) is 26.4. The maximum absolute atomic E-state index is 11.8. The molecule has 2 N–H and O–H groups in total. The van der Waals surface area contributed by atoms with Crippen LogP contribution in [0.2, 0.25) is 0 Å². The number of aryl methyl sites for hydroxylation is 1. The second-order valence-corrected chi connectivity index (χ2v) is 3.53. The van der Waals surface area contributed by atoms with Crippen molar-refractivity contribution >= 4 is 11.6 Å². The smallest absolute Gasteiger partial charge is 0.291 e. The van der Waals surface area contributed by atoms with E-state index >= 15 is 0 Å². The van der Waals surface area contributed by atoms with Crippen LogP contribution in [0.5, 0.6) is 0 Å². The summed E-state index contributed by atoms with van der Waals surface area (Å²) in [5.41, 5.74) is 1.47. The fourth-order valence-electron chi connectivity index (χ4n) is 1.47. The van der Waals surface area contributed by atoms with Crippen molar-refractivity contribution in [1.82, 2.24) is 19.9 Å². The van der Waals surface area contributed by atoms with Crippen molar-refractivity contribution in [2.24, 2.45) is 0 Å². The second kappa shape index (κ2) is 5.20. The fourth-order valence-corrected chi connectivity index (χ4v) is 1.47. The number of nitrogens with zero attached hydrogens (tertiary/aromatic N) is 3. The molecule has 0 aliphatic carbocycles. The van der Waals surface area contributed by atoms with E-state index in [-0.39, 0.29) is 11.7 Å². The number of anilines is 1. The molecule has 0 atom stereocenters. The lowest BCUT2D eigenvalue weighted by Crippen LogP contribution is -2.15. The Morgan fingerprint density at radius 2 is 2.35 bits per heavy atom. The first-order valence-electron chi connectivity index (χ1n) is 5.41. The average molecular weight is 231 g/mol. The van der Waals surface area contributed by atoms with E-state index in [4.69, 9.17) is 0 Å². The van der Waals surface area contributed by atoms with Gasteiger partial charge in [-0.1, -0.05) is 13.3 Å². The van der Waals surface area contributed by atoms with Crippen LogP contribution in [0.4, 0.5) is 5.69 Å². The van der Waals surface area contributed by atoms with E-state index < -0.39 is 0 Å². The Morgan fingerprint density at radius 1 is 1.47 bits per heavy atom. The van der Waals surface area contributed by atoms with Crippen molar-refractivity contribution in [2.45, 2.75) is 19.8 Å². The molecule has 17 heavy (non-hydrogen) atoms. The standard InChI is InChI=1S/C11H13N5O/c1-2-3-8-9(6-12-7-15-8)16-11(17)10-13-4-5-14-10/h4-7H,2-3H2,1H3,(H,13,14)(H,16,17). The highest BCUT2D eigenvalue weighted by Crippen LogP contribution is 2.13. The van der Waals surface area contributed by atoms with Crippen LogP contribution in [-0.2, 0) is 6.42 Å². The molecule has 0 aliphatic heterocycles. The van der Waals surface area contributed by atoms with E-state index in [9.17, 15) is 4.79 Å².